The quantitative estimate of drug-likeness (QED) is 0.497. The maximum Gasteiger partial charge on any atom is 0.338 e. The summed E-state index contributed by atoms with van der Waals surface area (Å²) >= 11 is 1.53. The van der Waals surface area contributed by atoms with E-state index in [1.54, 1.807) is 6.07 Å². The monoisotopic (exact) mass is 397 g/mol. The fourth-order valence-electron chi connectivity index (χ4n) is 3.86. The molecular formula is C22H23NO4S. The number of fused-ring (bicyclic) bond motifs is 2. The third-order valence-corrected chi connectivity index (χ3v) is 6.71. The minimum absolute atomic E-state index is 0.125. The van der Waals surface area contributed by atoms with Gasteiger partial charge in [-0.15, -0.1) is 11.3 Å². The molecule has 28 heavy (non-hydrogen) atoms. The maximum absolute atomic E-state index is 13.2. The fourth-order valence-corrected chi connectivity index (χ4v) is 5.00. The average molecular weight is 397 g/mol. The molecular weight excluding hydrogens is 374 g/mol. The number of methoxy groups -OCH3 is 1. The second-order valence-electron chi connectivity index (χ2n) is 7.47. The SMILES string of the molecule is COC(=O)c1cc(C(C)(C)N2CCOCC2)cc2sc3ccccc3c(=O)c12. The number of benzene rings is 2. The highest BCUT2D eigenvalue weighted by atomic mass is 32.1. The lowest BCUT2D eigenvalue weighted by molar-refractivity contribution is -0.0117. The Morgan fingerprint density at radius 1 is 1.14 bits per heavy atom. The summed E-state index contributed by atoms with van der Waals surface area (Å²) < 4.78 is 12.2. The molecule has 3 aromatic rings. The molecule has 0 amide bonds. The highest BCUT2D eigenvalue weighted by Crippen LogP contribution is 2.35. The standard InChI is InChI=1S/C22H23NO4S/c1-22(2,23-8-10-27-11-9-23)14-12-16(21(25)26-3)19-18(13-14)28-17-7-5-4-6-15(17)20(19)24/h4-7,12-13H,8-11H2,1-3H3. The van der Waals surface area contributed by atoms with Crippen LogP contribution in [0.3, 0.4) is 0 Å². The van der Waals surface area contributed by atoms with Gasteiger partial charge in [-0.05, 0) is 43.7 Å². The van der Waals surface area contributed by atoms with Crippen LogP contribution in [0.5, 0.6) is 0 Å². The van der Waals surface area contributed by atoms with Crippen molar-refractivity contribution in [2.75, 3.05) is 33.4 Å². The van der Waals surface area contributed by atoms with Gasteiger partial charge in [0, 0.05) is 33.4 Å². The Bertz CT molecular complexity index is 1110. The molecule has 1 fully saturated rings. The van der Waals surface area contributed by atoms with E-state index in [-0.39, 0.29) is 11.0 Å². The average Bonchev–Trinajstić information content (AvgIpc) is 2.73. The molecule has 1 aromatic heterocycles. The van der Waals surface area contributed by atoms with Crippen LogP contribution in [0, 0.1) is 0 Å². The van der Waals surface area contributed by atoms with E-state index in [1.807, 2.05) is 24.3 Å². The number of hydrogen-bond donors (Lipinski definition) is 0. The van der Waals surface area contributed by atoms with Crippen LogP contribution in [0.25, 0.3) is 20.2 Å². The Labute approximate surface area is 167 Å². The molecule has 0 N–H and O–H groups in total. The van der Waals surface area contributed by atoms with Gasteiger partial charge in [0.1, 0.15) is 0 Å². The van der Waals surface area contributed by atoms with E-state index in [4.69, 9.17) is 9.47 Å². The van der Waals surface area contributed by atoms with Gasteiger partial charge in [0.25, 0.3) is 0 Å². The van der Waals surface area contributed by atoms with Crippen LogP contribution in [0.15, 0.2) is 41.2 Å². The summed E-state index contributed by atoms with van der Waals surface area (Å²) in [6.45, 7) is 7.32. The summed E-state index contributed by atoms with van der Waals surface area (Å²) in [5.74, 6) is -0.482. The number of rotatable bonds is 3. The van der Waals surface area contributed by atoms with Gasteiger partial charge in [0.15, 0.2) is 5.43 Å². The van der Waals surface area contributed by atoms with Gasteiger partial charge >= 0.3 is 5.97 Å². The number of carbonyl (C=O) groups is 1. The van der Waals surface area contributed by atoms with Gasteiger partial charge in [-0.25, -0.2) is 4.79 Å². The molecule has 2 aromatic carbocycles. The number of carbonyl (C=O) groups excluding carboxylic acids is 1. The normalized spacial score (nSPS) is 15.8. The molecule has 0 saturated carbocycles. The van der Waals surface area contributed by atoms with Crippen molar-refractivity contribution in [3.8, 4) is 0 Å². The van der Waals surface area contributed by atoms with Crippen LogP contribution in [0.2, 0.25) is 0 Å². The van der Waals surface area contributed by atoms with Crippen molar-refractivity contribution in [2.24, 2.45) is 0 Å². The summed E-state index contributed by atoms with van der Waals surface area (Å²) in [5.41, 5.74) is 0.902. The molecule has 4 rings (SSSR count). The summed E-state index contributed by atoms with van der Waals surface area (Å²) in [5, 5.41) is 1.07. The summed E-state index contributed by atoms with van der Waals surface area (Å²) in [4.78, 5) is 28.1. The van der Waals surface area contributed by atoms with E-state index in [0.29, 0.717) is 29.5 Å². The number of hydrogen-bond acceptors (Lipinski definition) is 6. The Balaban J connectivity index is 2.00. The molecule has 2 heterocycles. The first-order chi connectivity index (χ1) is 13.4. The fraction of sp³-hybridized carbons (Fsp3) is 0.364. The lowest BCUT2D eigenvalue weighted by Crippen LogP contribution is -2.48. The molecule has 5 nitrogen and oxygen atoms in total. The van der Waals surface area contributed by atoms with E-state index >= 15 is 0 Å². The molecule has 0 bridgehead atoms. The van der Waals surface area contributed by atoms with E-state index in [2.05, 4.69) is 24.8 Å². The van der Waals surface area contributed by atoms with Crippen LogP contribution in [0.1, 0.15) is 29.8 Å². The first kappa shape index (κ1) is 19.1. The molecule has 0 spiro atoms. The summed E-state index contributed by atoms with van der Waals surface area (Å²) in [6, 6.07) is 11.4. The van der Waals surface area contributed by atoms with E-state index < -0.39 is 5.97 Å². The zero-order chi connectivity index (χ0) is 19.9. The molecule has 0 unspecified atom stereocenters. The van der Waals surface area contributed by atoms with Crippen LogP contribution >= 0.6 is 11.3 Å². The van der Waals surface area contributed by atoms with Crippen LogP contribution < -0.4 is 5.43 Å². The largest absolute Gasteiger partial charge is 0.465 e. The predicted molar refractivity (Wildman–Crippen MR) is 112 cm³/mol. The first-order valence-corrected chi connectivity index (χ1v) is 10.2. The summed E-state index contributed by atoms with van der Waals surface area (Å²) in [7, 11) is 1.35. The van der Waals surface area contributed by atoms with Gasteiger partial charge in [-0.2, -0.15) is 0 Å². The second-order valence-corrected chi connectivity index (χ2v) is 8.56. The van der Waals surface area contributed by atoms with E-state index in [0.717, 1.165) is 28.1 Å². The molecule has 146 valence electrons. The minimum atomic E-state index is -0.482. The highest BCUT2D eigenvalue weighted by Gasteiger charge is 2.32. The van der Waals surface area contributed by atoms with Crippen molar-refractivity contribution in [1.82, 2.24) is 4.90 Å². The lowest BCUT2D eigenvalue weighted by atomic mass is 9.89. The van der Waals surface area contributed by atoms with Crippen molar-refractivity contribution < 1.29 is 14.3 Å². The second kappa shape index (κ2) is 7.28. The topological polar surface area (TPSA) is 55.8 Å². The smallest absolute Gasteiger partial charge is 0.338 e. The van der Waals surface area contributed by atoms with Gasteiger partial charge < -0.3 is 9.47 Å². The van der Waals surface area contributed by atoms with E-state index in [1.165, 1.54) is 18.4 Å². The Hall–Kier alpha value is -2.28. The summed E-state index contributed by atoms with van der Waals surface area (Å²) in [6.07, 6.45) is 0. The van der Waals surface area contributed by atoms with Gasteiger partial charge in [-0.3, -0.25) is 9.69 Å². The molecule has 0 radical (unpaired) electrons. The first-order valence-electron chi connectivity index (χ1n) is 9.34. The van der Waals surface area contributed by atoms with Crippen molar-refractivity contribution >= 4 is 37.5 Å². The maximum atomic E-state index is 13.2. The van der Waals surface area contributed by atoms with E-state index in [9.17, 15) is 9.59 Å². The Morgan fingerprint density at radius 3 is 2.57 bits per heavy atom. The third kappa shape index (κ3) is 3.11. The van der Waals surface area contributed by atoms with Gasteiger partial charge in [0.05, 0.1) is 31.3 Å². The highest BCUT2D eigenvalue weighted by molar-refractivity contribution is 7.24. The zero-order valence-corrected chi connectivity index (χ0v) is 17.1. The molecule has 0 aliphatic carbocycles. The Kier molecular flexibility index (Phi) is 4.95. The van der Waals surface area contributed by atoms with Crippen molar-refractivity contribution in [1.29, 1.82) is 0 Å². The number of morpholine rings is 1. The number of ether oxygens (including phenoxy) is 2. The zero-order valence-electron chi connectivity index (χ0n) is 16.3. The molecule has 0 atom stereocenters. The molecule has 1 saturated heterocycles. The Morgan fingerprint density at radius 2 is 1.86 bits per heavy atom. The van der Waals surface area contributed by atoms with Crippen molar-refractivity contribution in [3.63, 3.8) is 0 Å². The lowest BCUT2D eigenvalue weighted by Gasteiger charge is -2.41. The number of esters is 1. The van der Waals surface area contributed by atoms with Crippen molar-refractivity contribution in [2.45, 2.75) is 19.4 Å². The molecule has 1 aliphatic rings. The van der Waals surface area contributed by atoms with Crippen molar-refractivity contribution in [3.05, 3.63) is 57.7 Å². The molecule has 6 heteroatoms. The van der Waals surface area contributed by atoms with Crippen LogP contribution in [-0.4, -0.2) is 44.3 Å². The van der Waals surface area contributed by atoms with Gasteiger partial charge in [-0.1, -0.05) is 12.1 Å². The minimum Gasteiger partial charge on any atom is -0.465 e. The van der Waals surface area contributed by atoms with Crippen LogP contribution in [0.4, 0.5) is 0 Å². The van der Waals surface area contributed by atoms with Gasteiger partial charge in [0.2, 0.25) is 0 Å². The van der Waals surface area contributed by atoms with Crippen LogP contribution in [-0.2, 0) is 15.0 Å². The predicted octanol–water partition coefficient (Wildman–Crippen LogP) is 3.77. The third-order valence-electron chi connectivity index (χ3n) is 5.59. The molecule has 1 aliphatic heterocycles. The number of nitrogens with zero attached hydrogens (tertiary/aromatic N) is 1.